The van der Waals surface area contributed by atoms with Gasteiger partial charge in [-0.2, -0.15) is 0 Å². The van der Waals surface area contributed by atoms with E-state index in [9.17, 15) is 5.11 Å². The quantitative estimate of drug-likeness (QED) is 0.760. The normalized spacial score (nSPS) is 12.6. The maximum Gasteiger partial charge on any atom is 0.104 e. The highest BCUT2D eigenvalue weighted by molar-refractivity contribution is 5.79. The molecule has 0 radical (unpaired) electrons. The molecule has 0 aliphatic rings. The zero-order valence-electron chi connectivity index (χ0n) is 12.6. The summed E-state index contributed by atoms with van der Waals surface area (Å²) in [5, 5.41) is 11.8. The molecule has 1 aromatic heterocycles. The van der Waals surface area contributed by atoms with Gasteiger partial charge in [-0.15, -0.1) is 0 Å². The van der Waals surface area contributed by atoms with E-state index in [1.165, 1.54) is 11.1 Å². The first kappa shape index (κ1) is 13.8. The molecule has 21 heavy (non-hydrogen) atoms. The van der Waals surface area contributed by atoms with Gasteiger partial charge in [0.2, 0.25) is 0 Å². The Balaban J connectivity index is 2.07. The van der Waals surface area contributed by atoms with Crippen LogP contribution in [0.1, 0.15) is 33.9 Å². The van der Waals surface area contributed by atoms with Gasteiger partial charge in [0.05, 0.1) is 5.52 Å². The largest absolute Gasteiger partial charge is 0.384 e. The van der Waals surface area contributed by atoms with Gasteiger partial charge in [0.15, 0.2) is 0 Å². The van der Waals surface area contributed by atoms with Gasteiger partial charge in [0.1, 0.15) is 6.10 Å². The van der Waals surface area contributed by atoms with E-state index in [-0.39, 0.29) is 0 Å². The lowest BCUT2D eigenvalue weighted by Gasteiger charge is -2.17. The monoisotopic (exact) mass is 277 g/mol. The number of benzene rings is 2. The highest BCUT2D eigenvalue weighted by Gasteiger charge is 2.14. The number of fused-ring (bicyclic) bond motifs is 1. The van der Waals surface area contributed by atoms with Crippen LogP contribution in [0.5, 0.6) is 0 Å². The van der Waals surface area contributed by atoms with Crippen molar-refractivity contribution in [1.82, 2.24) is 4.98 Å². The Morgan fingerprint density at radius 1 is 0.905 bits per heavy atom. The maximum atomic E-state index is 10.7. The van der Waals surface area contributed by atoms with Gasteiger partial charge in [-0.05, 0) is 66.8 Å². The topological polar surface area (TPSA) is 33.1 Å². The summed E-state index contributed by atoms with van der Waals surface area (Å²) < 4.78 is 0. The Hall–Kier alpha value is -2.19. The number of aliphatic hydroxyl groups is 1. The van der Waals surface area contributed by atoms with Crippen LogP contribution >= 0.6 is 0 Å². The van der Waals surface area contributed by atoms with Crippen LogP contribution in [-0.2, 0) is 0 Å². The minimum absolute atomic E-state index is 0.603. The molecule has 0 saturated heterocycles. The van der Waals surface area contributed by atoms with Crippen LogP contribution in [0, 0.1) is 20.8 Å². The average molecular weight is 277 g/mol. The lowest BCUT2D eigenvalue weighted by molar-refractivity contribution is 0.219. The molecule has 0 aliphatic heterocycles. The molecule has 2 nitrogen and oxygen atoms in total. The van der Waals surface area contributed by atoms with Gasteiger partial charge in [-0.1, -0.05) is 24.3 Å². The van der Waals surface area contributed by atoms with Gasteiger partial charge in [-0.25, -0.2) is 0 Å². The highest BCUT2D eigenvalue weighted by Crippen LogP contribution is 2.28. The Morgan fingerprint density at radius 3 is 2.48 bits per heavy atom. The number of aryl methyl sites for hydroxylation is 3. The van der Waals surface area contributed by atoms with Crippen LogP contribution in [0.2, 0.25) is 0 Å². The fourth-order valence-electron chi connectivity index (χ4n) is 2.72. The number of hydrogen-bond donors (Lipinski definition) is 1. The summed E-state index contributed by atoms with van der Waals surface area (Å²) in [4.78, 5) is 4.32. The molecule has 1 N–H and O–H groups in total. The van der Waals surface area contributed by atoms with E-state index in [0.29, 0.717) is 0 Å². The zero-order valence-corrected chi connectivity index (χ0v) is 12.6. The van der Waals surface area contributed by atoms with Gasteiger partial charge in [-0.3, -0.25) is 4.98 Å². The van der Waals surface area contributed by atoms with Crippen LogP contribution < -0.4 is 0 Å². The third-order valence-electron chi connectivity index (χ3n) is 4.12. The molecule has 1 heterocycles. The second-order valence-corrected chi connectivity index (χ2v) is 5.65. The number of rotatable bonds is 2. The molecule has 106 valence electrons. The van der Waals surface area contributed by atoms with Crippen LogP contribution in [0.25, 0.3) is 10.9 Å². The van der Waals surface area contributed by atoms with Crippen molar-refractivity contribution < 1.29 is 5.11 Å². The summed E-state index contributed by atoms with van der Waals surface area (Å²) in [6.45, 7) is 6.23. The first-order valence-corrected chi connectivity index (χ1v) is 7.17. The Bertz CT molecular complexity index is 808. The summed E-state index contributed by atoms with van der Waals surface area (Å²) in [7, 11) is 0. The first-order chi connectivity index (χ1) is 10.1. The van der Waals surface area contributed by atoms with E-state index >= 15 is 0 Å². The van der Waals surface area contributed by atoms with E-state index in [4.69, 9.17) is 0 Å². The molecular weight excluding hydrogens is 258 g/mol. The molecular formula is C19H19NO. The van der Waals surface area contributed by atoms with Gasteiger partial charge < -0.3 is 5.11 Å². The highest BCUT2D eigenvalue weighted by atomic mass is 16.3. The first-order valence-electron chi connectivity index (χ1n) is 7.17. The smallest absolute Gasteiger partial charge is 0.104 e. The van der Waals surface area contributed by atoms with E-state index in [1.807, 2.05) is 37.3 Å². The van der Waals surface area contributed by atoms with Crippen LogP contribution in [0.15, 0.2) is 48.7 Å². The molecule has 0 aliphatic carbocycles. The van der Waals surface area contributed by atoms with Crippen LogP contribution in [-0.4, -0.2) is 10.1 Å². The molecule has 0 saturated carbocycles. The number of aromatic nitrogens is 1. The van der Waals surface area contributed by atoms with Crippen molar-refractivity contribution in [3.63, 3.8) is 0 Å². The zero-order chi connectivity index (χ0) is 15.0. The Kier molecular flexibility index (Phi) is 3.48. The molecule has 0 spiro atoms. The second kappa shape index (κ2) is 5.30. The molecule has 0 bridgehead atoms. The third kappa shape index (κ3) is 2.55. The molecule has 3 aromatic rings. The van der Waals surface area contributed by atoms with Crippen molar-refractivity contribution in [2.75, 3.05) is 0 Å². The predicted molar refractivity (Wildman–Crippen MR) is 86.5 cm³/mol. The van der Waals surface area contributed by atoms with E-state index in [2.05, 4.69) is 31.0 Å². The fraction of sp³-hybridized carbons (Fsp3) is 0.211. The minimum Gasteiger partial charge on any atom is -0.384 e. The standard InChI is InChI=1S/C19H19NO/c1-12-9-14(3)17(10-13(12)2)19(21)16-6-7-18-15(11-16)5-4-8-20-18/h4-11,19,21H,1-3H3. The molecule has 3 rings (SSSR count). The number of pyridine rings is 1. The Morgan fingerprint density at radius 2 is 1.67 bits per heavy atom. The summed E-state index contributed by atoms with van der Waals surface area (Å²) in [5.74, 6) is 0. The van der Waals surface area contributed by atoms with E-state index in [1.54, 1.807) is 6.20 Å². The fourth-order valence-corrected chi connectivity index (χ4v) is 2.72. The lowest BCUT2D eigenvalue weighted by Crippen LogP contribution is -2.03. The molecule has 1 atom stereocenters. The van der Waals surface area contributed by atoms with Crippen molar-refractivity contribution in [3.8, 4) is 0 Å². The van der Waals surface area contributed by atoms with Crippen molar-refractivity contribution in [2.24, 2.45) is 0 Å². The second-order valence-electron chi connectivity index (χ2n) is 5.65. The predicted octanol–water partition coefficient (Wildman–Crippen LogP) is 4.24. The van der Waals surface area contributed by atoms with Crippen LogP contribution in [0.4, 0.5) is 0 Å². The summed E-state index contributed by atoms with van der Waals surface area (Å²) >= 11 is 0. The maximum absolute atomic E-state index is 10.7. The number of nitrogens with zero attached hydrogens (tertiary/aromatic N) is 1. The number of aliphatic hydroxyl groups excluding tert-OH is 1. The summed E-state index contributed by atoms with van der Waals surface area (Å²) in [6, 6.07) is 14.1. The van der Waals surface area contributed by atoms with Crippen LogP contribution in [0.3, 0.4) is 0 Å². The van der Waals surface area contributed by atoms with Gasteiger partial charge in [0, 0.05) is 11.6 Å². The molecule has 0 fully saturated rings. The SMILES string of the molecule is Cc1cc(C)c(C(O)c2ccc3ncccc3c2)cc1C. The third-order valence-corrected chi connectivity index (χ3v) is 4.12. The lowest BCUT2D eigenvalue weighted by atomic mass is 9.93. The average Bonchev–Trinajstić information content (AvgIpc) is 2.50. The number of hydrogen-bond acceptors (Lipinski definition) is 2. The van der Waals surface area contributed by atoms with Crippen molar-refractivity contribution in [2.45, 2.75) is 26.9 Å². The molecule has 2 aromatic carbocycles. The van der Waals surface area contributed by atoms with Gasteiger partial charge in [0.25, 0.3) is 0 Å². The van der Waals surface area contributed by atoms with E-state index in [0.717, 1.165) is 27.6 Å². The van der Waals surface area contributed by atoms with Crippen molar-refractivity contribution in [3.05, 3.63) is 76.5 Å². The van der Waals surface area contributed by atoms with Crippen molar-refractivity contribution >= 4 is 10.9 Å². The van der Waals surface area contributed by atoms with E-state index < -0.39 is 6.10 Å². The Labute approximate surface area is 125 Å². The van der Waals surface area contributed by atoms with Crippen molar-refractivity contribution in [1.29, 1.82) is 0 Å². The molecule has 2 heteroatoms. The molecule has 0 amide bonds. The summed E-state index contributed by atoms with van der Waals surface area (Å²) in [6.07, 6.45) is 1.18. The molecule has 1 unspecified atom stereocenters. The van der Waals surface area contributed by atoms with Gasteiger partial charge >= 0.3 is 0 Å². The summed E-state index contributed by atoms with van der Waals surface area (Å²) in [5.41, 5.74) is 6.41. The minimum atomic E-state index is -0.603.